The molecule has 0 saturated carbocycles. The maximum atomic E-state index is 11.3. The largest absolute Gasteiger partial charge is 0.481 e. The average Bonchev–Trinajstić information content (AvgIpc) is 2.27. The fraction of sp³-hybridized carbons (Fsp3) is 0.867. The van der Waals surface area contributed by atoms with Crippen LogP contribution in [0, 0.1) is 17.3 Å². The Hall–Kier alpha value is -1.06. The smallest absolute Gasteiger partial charge is 0.307 e. The van der Waals surface area contributed by atoms with Gasteiger partial charge in [0.1, 0.15) is 0 Å². The third-order valence-corrected chi connectivity index (χ3v) is 4.10. The summed E-state index contributed by atoms with van der Waals surface area (Å²) in [5, 5.41) is 18.0. The van der Waals surface area contributed by atoms with Gasteiger partial charge in [0.25, 0.3) is 0 Å². The van der Waals surface area contributed by atoms with E-state index < -0.39 is 17.9 Å². The Morgan fingerprint density at radius 2 is 1.74 bits per heavy atom. The molecule has 2 N–H and O–H groups in total. The van der Waals surface area contributed by atoms with Crippen LogP contribution in [0.4, 0.5) is 0 Å². The van der Waals surface area contributed by atoms with Crippen LogP contribution in [0.1, 0.15) is 66.2 Å². The molecule has 4 nitrogen and oxygen atoms in total. The lowest BCUT2D eigenvalue weighted by Gasteiger charge is -2.31. The summed E-state index contributed by atoms with van der Waals surface area (Å²) in [5.74, 6) is -1.73. The van der Waals surface area contributed by atoms with Crippen LogP contribution in [-0.2, 0) is 9.59 Å². The van der Waals surface area contributed by atoms with E-state index in [0.29, 0.717) is 5.92 Å². The van der Waals surface area contributed by atoms with E-state index in [1.165, 1.54) is 0 Å². The minimum atomic E-state index is -0.929. The average molecular weight is 272 g/mol. The fourth-order valence-corrected chi connectivity index (χ4v) is 2.40. The van der Waals surface area contributed by atoms with Gasteiger partial charge in [0.15, 0.2) is 0 Å². The number of hydrogen-bond acceptors (Lipinski definition) is 2. The van der Waals surface area contributed by atoms with Gasteiger partial charge in [0.05, 0.1) is 5.92 Å². The van der Waals surface area contributed by atoms with Crippen LogP contribution in [0.2, 0.25) is 0 Å². The highest BCUT2D eigenvalue weighted by Gasteiger charge is 2.34. The molecule has 0 radical (unpaired) electrons. The van der Waals surface area contributed by atoms with Crippen molar-refractivity contribution in [2.24, 2.45) is 17.3 Å². The molecule has 0 bridgehead atoms. The van der Waals surface area contributed by atoms with Crippen LogP contribution in [-0.4, -0.2) is 22.2 Å². The van der Waals surface area contributed by atoms with Crippen molar-refractivity contribution in [3.8, 4) is 0 Å². The standard InChI is InChI=1S/C15H28O4/c1-5-11(2)7-6-10-15(3,4)12(14(18)19)8-9-13(16)17/h11-12H,5-10H2,1-4H3,(H,16,17)(H,18,19). The van der Waals surface area contributed by atoms with Gasteiger partial charge in [-0.25, -0.2) is 0 Å². The first-order chi connectivity index (χ1) is 8.70. The highest BCUT2D eigenvalue weighted by molar-refractivity contribution is 5.73. The quantitative estimate of drug-likeness (QED) is 0.634. The minimum absolute atomic E-state index is 0.0776. The van der Waals surface area contributed by atoms with E-state index in [4.69, 9.17) is 5.11 Å². The molecule has 112 valence electrons. The van der Waals surface area contributed by atoms with Gasteiger partial charge in [-0.1, -0.05) is 47.0 Å². The van der Waals surface area contributed by atoms with Gasteiger partial charge < -0.3 is 10.2 Å². The summed E-state index contributed by atoms with van der Waals surface area (Å²) < 4.78 is 0. The summed E-state index contributed by atoms with van der Waals surface area (Å²) in [6.45, 7) is 8.23. The second-order valence-corrected chi connectivity index (χ2v) is 6.22. The van der Waals surface area contributed by atoms with Crippen molar-refractivity contribution in [2.75, 3.05) is 0 Å². The van der Waals surface area contributed by atoms with Gasteiger partial charge >= 0.3 is 11.9 Å². The second-order valence-electron chi connectivity index (χ2n) is 6.22. The summed E-state index contributed by atoms with van der Waals surface area (Å²) in [4.78, 5) is 21.9. The third kappa shape index (κ3) is 7.19. The normalized spacial score (nSPS) is 14.9. The molecule has 0 amide bonds. The predicted molar refractivity (Wildman–Crippen MR) is 75.1 cm³/mol. The first-order valence-electron chi connectivity index (χ1n) is 7.15. The summed E-state index contributed by atoms with van der Waals surface area (Å²) in [6, 6.07) is 0. The van der Waals surface area contributed by atoms with Crippen molar-refractivity contribution in [1.82, 2.24) is 0 Å². The zero-order chi connectivity index (χ0) is 15.1. The van der Waals surface area contributed by atoms with Gasteiger partial charge in [-0.2, -0.15) is 0 Å². The van der Waals surface area contributed by atoms with Gasteiger partial charge in [-0.15, -0.1) is 0 Å². The number of rotatable bonds is 10. The second kappa shape index (κ2) is 8.18. The molecule has 0 spiro atoms. The van der Waals surface area contributed by atoms with E-state index in [0.717, 1.165) is 25.7 Å². The Morgan fingerprint density at radius 1 is 1.16 bits per heavy atom. The highest BCUT2D eigenvalue weighted by Crippen LogP contribution is 2.36. The van der Waals surface area contributed by atoms with Crippen molar-refractivity contribution in [2.45, 2.75) is 66.2 Å². The lowest BCUT2D eigenvalue weighted by molar-refractivity contribution is -0.147. The van der Waals surface area contributed by atoms with Crippen molar-refractivity contribution in [3.63, 3.8) is 0 Å². The number of carboxylic acids is 2. The van der Waals surface area contributed by atoms with E-state index in [1.54, 1.807) is 0 Å². The monoisotopic (exact) mass is 272 g/mol. The molecule has 0 saturated heterocycles. The van der Waals surface area contributed by atoms with Crippen LogP contribution in [0.15, 0.2) is 0 Å². The number of carboxylic acid groups (broad SMARTS) is 2. The molecule has 2 atom stereocenters. The highest BCUT2D eigenvalue weighted by atomic mass is 16.4. The lowest BCUT2D eigenvalue weighted by Crippen LogP contribution is -2.31. The lowest BCUT2D eigenvalue weighted by atomic mass is 9.72. The van der Waals surface area contributed by atoms with Crippen molar-refractivity contribution in [3.05, 3.63) is 0 Å². The molecule has 0 fully saturated rings. The number of hydrogen-bond donors (Lipinski definition) is 2. The minimum Gasteiger partial charge on any atom is -0.481 e. The Balaban J connectivity index is 4.43. The zero-order valence-electron chi connectivity index (χ0n) is 12.6. The fourth-order valence-electron chi connectivity index (χ4n) is 2.40. The predicted octanol–water partition coefficient (Wildman–Crippen LogP) is 3.79. The third-order valence-electron chi connectivity index (χ3n) is 4.10. The maximum Gasteiger partial charge on any atom is 0.307 e. The van der Waals surface area contributed by atoms with Crippen LogP contribution < -0.4 is 0 Å². The molecular formula is C15H28O4. The molecule has 4 heteroatoms. The molecule has 0 aromatic heterocycles. The molecule has 0 aliphatic heterocycles. The maximum absolute atomic E-state index is 11.3. The summed E-state index contributed by atoms with van der Waals surface area (Å²) in [5.41, 5.74) is -0.352. The van der Waals surface area contributed by atoms with Gasteiger partial charge in [0, 0.05) is 6.42 Å². The van der Waals surface area contributed by atoms with E-state index in [-0.39, 0.29) is 18.3 Å². The number of aliphatic carboxylic acids is 2. The molecule has 0 heterocycles. The Kier molecular flexibility index (Phi) is 7.72. The topological polar surface area (TPSA) is 74.6 Å². The zero-order valence-corrected chi connectivity index (χ0v) is 12.6. The van der Waals surface area contributed by atoms with E-state index >= 15 is 0 Å². The van der Waals surface area contributed by atoms with E-state index in [1.807, 2.05) is 13.8 Å². The van der Waals surface area contributed by atoms with Crippen LogP contribution in [0.5, 0.6) is 0 Å². The van der Waals surface area contributed by atoms with Gasteiger partial charge in [0.2, 0.25) is 0 Å². The van der Waals surface area contributed by atoms with Crippen molar-refractivity contribution in [1.29, 1.82) is 0 Å². The number of carbonyl (C=O) groups is 2. The molecule has 0 aromatic rings. The van der Waals surface area contributed by atoms with Gasteiger partial charge in [-0.3, -0.25) is 9.59 Å². The molecule has 0 aliphatic carbocycles. The summed E-state index contributed by atoms with van der Waals surface area (Å²) in [7, 11) is 0. The van der Waals surface area contributed by atoms with Crippen LogP contribution >= 0.6 is 0 Å². The molecule has 0 aromatic carbocycles. The van der Waals surface area contributed by atoms with E-state index in [9.17, 15) is 14.7 Å². The van der Waals surface area contributed by atoms with Crippen molar-refractivity contribution >= 4 is 11.9 Å². The summed E-state index contributed by atoms with van der Waals surface area (Å²) in [6.07, 6.45) is 4.20. The van der Waals surface area contributed by atoms with Gasteiger partial charge in [-0.05, 0) is 24.2 Å². The molecule has 2 unspecified atom stereocenters. The Labute approximate surface area is 116 Å². The SMILES string of the molecule is CCC(C)CCCC(C)(C)C(CCC(=O)O)C(=O)O. The molecule has 0 aliphatic rings. The Bertz CT molecular complexity index is 297. The Morgan fingerprint density at radius 3 is 2.16 bits per heavy atom. The first kappa shape index (κ1) is 17.9. The first-order valence-corrected chi connectivity index (χ1v) is 7.15. The summed E-state index contributed by atoms with van der Waals surface area (Å²) >= 11 is 0. The van der Waals surface area contributed by atoms with Crippen LogP contribution in [0.25, 0.3) is 0 Å². The molecule has 19 heavy (non-hydrogen) atoms. The molecular weight excluding hydrogens is 244 g/mol. The van der Waals surface area contributed by atoms with Crippen LogP contribution in [0.3, 0.4) is 0 Å². The van der Waals surface area contributed by atoms with Crippen molar-refractivity contribution < 1.29 is 19.8 Å². The van der Waals surface area contributed by atoms with E-state index in [2.05, 4.69) is 13.8 Å². The molecule has 0 rings (SSSR count).